The summed E-state index contributed by atoms with van der Waals surface area (Å²) >= 11 is 0. The number of nitrogens with two attached hydrogens (primary N) is 1. The van der Waals surface area contributed by atoms with Crippen LogP contribution in [0.2, 0.25) is 0 Å². The third kappa shape index (κ3) is 3.74. The van der Waals surface area contributed by atoms with Crippen LogP contribution in [0.5, 0.6) is 5.75 Å². The fraction of sp³-hybridized carbons (Fsp3) is 0.500. The number of rotatable bonds is 3. The lowest BCUT2D eigenvalue weighted by Gasteiger charge is -2.21. The molecule has 1 aromatic rings. The van der Waals surface area contributed by atoms with E-state index in [1.807, 2.05) is 0 Å². The Balaban J connectivity index is 2.38. The van der Waals surface area contributed by atoms with Crippen LogP contribution in [0.4, 0.5) is 0 Å². The fourth-order valence-electron chi connectivity index (χ4n) is 2.48. The Labute approximate surface area is 124 Å². The first kappa shape index (κ1) is 15.8. The molecule has 2 rings (SSSR count). The second kappa shape index (κ2) is 6.44. The van der Waals surface area contributed by atoms with Gasteiger partial charge in [-0.3, -0.25) is 4.79 Å². The number of carbonyl (C=O) groups is 1. The molecule has 116 valence electrons. The van der Waals surface area contributed by atoms with Crippen molar-refractivity contribution in [1.29, 1.82) is 0 Å². The number of nitrogens with zero attached hydrogens (tertiary/aromatic N) is 1. The molecule has 1 saturated heterocycles. The minimum Gasteiger partial charge on any atom is -0.496 e. The lowest BCUT2D eigenvalue weighted by Crippen LogP contribution is -2.32. The van der Waals surface area contributed by atoms with Crippen molar-refractivity contribution < 1.29 is 17.9 Å². The molecule has 21 heavy (non-hydrogen) atoms. The topological polar surface area (TPSA) is 89.7 Å². The molecule has 1 heterocycles. The SMILES string of the molecule is COc1ccc(S(N)(=O)=O)cc1C(=O)N1CCCCCC1. The number of carbonyl (C=O) groups excluding carboxylic acids is 1. The van der Waals surface area contributed by atoms with Crippen LogP contribution in [0, 0.1) is 0 Å². The van der Waals surface area contributed by atoms with Gasteiger partial charge in [-0.25, -0.2) is 13.6 Å². The monoisotopic (exact) mass is 312 g/mol. The number of hydrogen-bond acceptors (Lipinski definition) is 4. The predicted octanol–water partition coefficient (Wildman–Crippen LogP) is 1.36. The Morgan fingerprint density at radius 1 is 1.19 bits per heavy atom. The molecule has 0 atom stereocenters. The first-order valence-electron chi connectivity index (χ1n) is 6.93. The van der Waals surface area contributed by atoms with E-state index in [1.165, 1.54) is 25.3 Å². The normalized spacial score (nSPS) is 16.4. The molecule has 7 heteroatoms. The number of primary sulfonamides is 1. The van der Waals surface area contributed by atoms with E-state index in [1.54, 1.807) is 4.90 Å². The number of hydrogen-bond donors (Lipinski definition) is 1. The molecule has 1 aliphatic heterocycles. The summed E-state index contributed by atoms with van der Waals surface area (Å²) < 4.78 is 28.1. The highest BCUT2D eigenvalue weighted by Crippen LogP contribution is 2.24. The Bertz CT molecular complexity index is 620. The quantitative estimate of drug-likeness (QED) is 0.912. The average Bonchev–Trinajstić information content (AvgIpc) is 2.74. The highest BCUT2D eigenvalue weighted by molar-refractivity contribution is 7.89. The average molecular weight is 312 g/mol. The van der Waals surface area contributed by atoms with E-state index in [9.17, 15) is 13.2 Å². The van der Waals surface area contributed by atoms with Crippen molar-refractivity contribution in [2.45, 2.75) is 30.6 Å². The van der Waals surface area contributed by atoms with Crippen molar-refractivity contribution in [3.63, 3.8) is 0 Å². The molecule has 0 aliphatic carbocycles. The van der Waals surface area contributed by atoms with Crippen LogP contribution in [-0.4, -0.2) is 39.4 Å². The second-order valence-corrected chi connectivity index (χ2v) is 6.67. The summed E-state index contributed by atoms with van der Waals surface area (Å²) in [6.45, 7) is 1.36. The van der Waals surface area contributed by atoms with Crippen LogP contribution in [0.25, 0.3) is 0 Å². The van der Waals surface area contributed by atoms with Crippen molar-refractivity contribution in [1.82, 2.24) is 4.90 Å². The third-order valence-corrected chi connectivity index (χ3v) is 4.53. The summed E-state index contributed by atoms with van der Waals surface area (Å²) in [6, 6.07) is 4.10. The van der Waals surface area contributed by atoms with E-state index in [4.69, 9.17) is 9.88 Å². The van der Waals surface area contributed by atoms with E-state index < -0.39 is 10.0 Å². The summed E-state index contributed by atoms with van der Waals surface area (Å²) in [7, 11) is -2.40. The van der Waals surface area contributed by atoms with Gasteiger partial charge in [-0.1, -0.05) is 12.8 Å². The van der Waals surface area contributed by atoms with Crippen molar-refractivity contribution in [2.24, 2.45) is 5.14 Å². The van der Waals surface area contributed by atoms with Crippen molar-refractivity contribution in [3.8, 4) is 5.75 Å². The summed E-state index contributed by atoms with van der Waals surface area (Å²) in [6.07, 6.45) is 4.14. The molecule has 1 aromatic carbocycles. The summed E-state index contributed by atoms with van der Waals surface area (Å²) in [5.41, 5.74) is 0.242. The lowest BCUT2D eigenvalue weighted by atomic mass is 10.1. The molecule has 1 aliphatic rings. The van der Waals surface area contributed by atoms with Crippen LogP contribution in [0.15, 0.2) is 23.1 Å². The van der Waals surface area contributed by atoms with Crippen LogP contribution in [0.3, 0.4) is 0 Å². The Morgan fingerprint density at radius 2 is 1.81 bits per heavy atom. The lowest BCUT2D eigenvalue weighted by molar-refractivity contribution is 0.0758. The number of benzene rings is 1. The summed E-state index contributed by atoms with van der Waals surface area (Å²) in [5, 5.41) is 5.13. The molecule has 1 amide bonds. The van der Waals surface area contributed by atoms with Crippen molar-refractivity contribution in [2.75, 3.05) is 20.2 Å². The summed E-state index contributed by atoms with van der Waals surface area (Å²) in [4.78, 5) is 14.3. The van der Waals surface area contributed by atoms with Crippen LogP contribution in [0.1, 0.15) is 36.0 Å². The molecular formula is C14H20N2O4S. The summed E-state index contributed by atoms with van der Waals surface area (Å²) in [5.74, 6) is 0.149. The van der Waals surface area contributed by atoms with Crippen molar-refractivity contribution in [3.05, 3.63) is 23.8 Å². The number of methoxy groups -OCH3 is 1. The molecule has 0 spiro atoms. The predicted molar refractivity (Wildman–Crippen MR) is 78.7 cm³/mol. The Morgan fingerprint density at radius 3 is 2.33 bits per heavy atom. The zero-order valence-corrected chi connectivity index (χ0v) is 12.9. The smallest absolute Gasteiger partial charge is 0.257 e. The van der Waals surface area contributed by atoms with Crippen molar-refractivity contribution >= 4 is 15.9 Å². The van der Waals surface area contributed by atoms with Gasteiger partial charge in [0.15, 0.2) is 0 Å². The molecule has 0 radical (unpaired) electrons. The molecule has 0 saturated carbocycles. The maximum absolute atomic E-state index is 12.6. The number of sulfonamides is 1. The Hall–Kier alpha value is -1.60. The van der Waals surface area contributed by atoms with Gasteiger partial charge in [-0.05, 0) is 31.0 Å². The van der Waals surface area contributed by atoms with Gasteiger partial charge < -0.3 is 9.64 Å². The largest absolute Gasteiger partial charge is 0.496 e. The molecule has 6 nitrogen and oxygen atoms in total. The van der Waals surface area contributed by atoms with E-state index in [0.717, 1.165) is 25.7 Å². The van der Waals surface area contributed by atoms with E-state index >= 15 is 0 Å². The van der Waals surface area contributed by atoms with Gasteiger partial charge in [0.2, 0.25) is 10.0 Å². The standard InChI is InChI=1S/C14H20N2O4S/c1-20-13-7-6-11(21(15,18)19)10-12(13)14(17)16-8-4-2-3-5-9-16/h6-7,10H,2-5,8-9H2,1H3,(H2,15,18,19). The number of amides is 1. The molecule has 0 bridgehead atoms. The highest BCUT2D eigenvalue weighted by Gasteiger charge is 2.22. The van der Waals surface area contributed by atoms with Gasteiger partial charge in [0.1, 0.15) is 5.75 Å². The number of likely N-dealkylation sites (tertiary alicyclic amines) is 1. The van der Waals surface area contributed by atoms with Gasteiger partial charge in [0.05, 0.1) is 17.6 Å². The van der Waals surface area contributed by atoms with Gasteiger partial charge in [0, 0.05) is 13.1 Å². The maximum atomic E-state index is 12.6. The third-order valence-electron chi connectivity index (χ3n) is 3.62. The van der Waals surface area contributed by atoms with Gasteiger partial charge >= 0.3 is 0 Å². The fourth-order valence-corrected chi connectivity index (χ4v) is 3.02. The van der Waals surface area contributed by atoms with Gasteiger partial charge in [0.25, 0.3) is 5.91 Å². The van der Waals surface area contributed by atoms with E-state index in [0.29, 0.717) is 18.8 Å². The Kier molecular flexibility index (Phi) is 4.84. The zero-order chi connectivity index (χ0) is 15.5. The molecule has 1 fully saturated rings. The van der Waals surface area contributed by atoms with Crippen LogP contribution < -0.4 is 9.88 Å². The first-order chi connectivity index (χ1) is 9.93. The maximum Gasteiger partial charge on any atom is 0.257 e. The molecule has 2 N–H and O–H groups in total. The number of ether oxygens (including phenoxy) is 1. The van der Waals surface area contributed by atoms with Gasteiger partial charge in [-0.15, -0.1) is 0 Å². The van der Waals surface area contributed by atoms with E-state index in [-0.39, 0.29) is 16.4 Å². The minimum atomic E-state index is -3.85. The molecule has 0 aromatic heterocycles. The van der Waals surface area contributed by atoms with Crippen LogP contribution in [-0.2, 0) is 10.0 Å². The minimum absolute atomic E-state index is 0.0820. The van der Waals surface area contributed by atoms with Gasteiger partial charge in [-0.2, -0.15) is 0 Å². The molecular weight excluding hydrogens is 292 g/mol. The zero-order valence-electron chi connectivity index (χ0n) is 12.0. The highest BCUT2D eigenvalue weighted by atomic mass is 32.2. The first-order valence-corrected chi connectivity index (χ1v) is 8.48. The van der Waals surface area contributed by atoms with E-state index in [2.05, 4.69) is 0 Å². The second-order valence-electron chi connectivity index (χ2n) is 5.11. The van der Waals surface area contributed by atoms with Crippen LogP contribution >= 0.6 is 0 Å². The molecule has 0 unspecified atom stereocenters.